The molecule has 1 amide bonds. The topological polar surface area (TPSA) is 23.6 Å². The Morgan fingerprint density at radius 1 is 0.920 bits per heavy atom. The lowest BCUT2D eigenvalue weighted by Crippen LogP contribution is -2.44. The van der Waals surface area contributed by atoms with Gasteiger partial charge in [0.05, 0.1) is 5.69 Å². The Balaban J connectivity index is 1.38. The number of carbonyl (C=O) groups excluding carboxylic acids is 1. The van der Waals surface area contributed by atoms with Crippen LogP contribution in [-0.4, -0.2) is 30.4 Å². The van der Waals surface area contributed by atoms with Gasteiger partial charge in [0.1, 0.15) is 5.82 Å². The lowest BCUT2D eigenvalue weighted by atomic mass is 9.92. The molecule has 2 aromatic carbocycles. The zero-order chi connectivity index (χ0) is 17.2. The predicted octanol–water partition coefficient (Wildman–Crippen LogP) is 3.63. The lowest BCUT2D eigenvalue weighted by molar-refractivity contribution is -0.137. The van der Waals surface area contributed by atoms with Gasteiger partial charge in [0, 0.05) is 32.1 Å². The Bertz CT molecular complexity index is 768. The van der Waals surface area contributed by atoms with Crippen molar-refractivity contribution in [3.05, 3.63) is 65.5 Å². The van der Waals surface area contributed by atoms with E-state index in [1.165, 1.54) is 17.2 Å². The first kappa shape index (κ1) is 16.1. The molecule has 4 heteroatoms. The zero-order valence-electron chi connectivity index (χ0n) is 14.3. The van der Waals surface area contributed by atoms with Gasteiger partial charge in [-0.05, 0) is 42.5 Å². The number of halogens is 1. The van der Waals surface area contributed by atoms with Gasteiger partial charge in [-0.25, -0.2) is 4.39 Å². The van der Waals surface area contributed by atoms with Crippen LogP contribution in [0, 0.1) is 11.7 Å². The first-order chi connectivity index (χ1) is 12.2. The molecule has 3 nitrogen and oxygen atoms in total. The number of para-hydroxylation sites is 1. The number of amides is 1. The van der Waals surface area contributed by atoms with Crippen LogP contribution in [-0.2, 0) is 17.8 Å². The summed E-state index contributed by atoms with van der Waals surface area (Å²) in [4.78, 5) is 17.0. The number of hydrogen-bond acceptors (Lipinski definition) is 2. The van der Waals surface area contributed by atoms with Crippen molar-refractivity contribution in [1.82, 2.24) is 4.90 Å². The number of piperidine rings is 1. The molecule has 0 spiro atoms. The highest BCUT2D eigenvalue weighted by molar-refractivity contribution is 5.79. The molecule has 0 aliphatic carbocycles. The lowest BCUT2D eigenvalue weighted by Gasteiger charge is -2.37. The summed E-state index contributed by atoms with van der Waals surface area (Å²) in [6.45, 7) is 3.01. The first-order valence-electron chi connectivity index (χ1n) is 9.07. The summed E-state index contributed by atoms with van der Waals surface area (Å²) in [5, 5.41) is 0. The van der Waals surface area contributed by atoms with E-state index in [2.05, 4.69) is 23.1 Å². The Morgan fingerprint density at radius 3 is 2.36 bits per heavy atom. The number of fused-ring (bicyclic) bond motifs is 1. The molecule has 2 heterocycles. The van der Waals surface area contributed by atoms with E-state index in [-0.39, 0.29) is 17.6 Å². The smallest absolute Gasteiger partial charge is 0.226 e. The molecule has 130 valence electrons. The van der Waals surface area contributed by atoms with Crippen LogP contribution in [0.2, 0.25) is 0 Å². The fourth-order valence-electron chi connectivity index (χ4n) is 4.02. The molecule has 0 radical (unpaired) electrons. The minimum Gasteiger partial charge on any atom is -0.369 e. The van der Waals surface area contributed by atoms with Crippen LogP contribution in [0.3, 0.4) is 0 Å². The van der Waals surface area contributed by atoms with Gasteiger partial charge in [-0.3, -0.25) is 4.79 Å². The largest absolute Gasteiger partial charge is 0.369 e. The Labute approximate surface area is 148 Å². The summed E-state index contributed by atoms with van der Waals surface area (Å²) < 4.78 is 13.9. The maximum atomic E-state index is 13.9. The van der Waals surface area contributed by atoms with Crippen molar-refractivity contribution in [1.29, 1.82) is 0 Å². The van der Waals surface area contributed by atoms with Crippen molar-refractivity contribution in [2.45, 2.75) is 25.8 Å². The molecule has 0 atom stereocenters. The predicted molar refractivity (Wildman–Crippen MR) is 96.9 cm³/mol. The van der Waals surface area contributed by atoms with Gasteiger partial charge < -0.3 is 9.80 Å². The number of hydrogen-bond donors (Lipinski definition) is 0. The summed E-state index contributed by atoms with van der Waals surface area (Å²) in [6.07, 6.45) is 2.53. The third-order valence-electron chi connectivity index (χ3n) is 5.48. The zero-order valence-corrected chi connectivity index (χ0v) is 14.3. The Hall–Kier alpha value is -2.36. The number of anilines is 1. The summed E-state index contributed by atoms with van der Waals surface area (Å²) in [7, 11) is 0. The van der Waals surface area contributed by atoms with E-state index in [9.17, 15) is 9.18 Å². The highest BCUT2D eigenvalue weighted by atomic mass is 19.1. The molecular formula is C21H23FN2O. The van der Waals surface area contributed by atoms with Crippen molar-refractivity contribution >= 4 is 11.6 Å². The van der Waals surface area contributed by atoms with Crippen LogP contribution in [0.5, 0.6) is 0 Å². The van der Waals surface area contributed by atoms with Crippen LogP contribution < -0.4 is 4.90 Å². The quantitative estimate of drug-likeness (QED) is 0.835. The minimum absolute atomic E-state index is 0.0632. The van der Waals surface area contributed by atoms with Crippen molar-refractivity contribution in [3.8, 4) is 0 Å². The van der Waals surface area contributed by atoms with E-state index in [1.807, 2.05) is 23.1 Å². The van der Waals surface area contributed by atoms with E-state index in [0.29, 0.717) is 5.69 Å². The molecule has 4 rings (SSSR count). The van der Waals surface area contributed by atoms with E-state index >= 15 is 0 Å². The minimum atomic E-state index is -0.181. The van der Waals surface area contributed by atoms with Crippen LogP contribution in [0.25, 0.3) is 0 Å². The standard InChI is InChI=1S/C21H23FN2O/c22-19-7-3-4-8-20(19)23-12-10-17(11-13-23)21(25)24-14-9-16-5-1-2-6-18(16)15-24/h1-8,17H,9-15H2. The van der Waals surface area contributed by atoms with Crippen LogP contribution in [0.4, 0.5) is 10.1 Å². The normalized spacial score (nSPS) is 18.1. The van der Waals surface area contributed by atoms with Crippen LogP contribution >= 0.6 is 0 Å². The van der Waals surface area contributed by atoms with E-state index in [4.69, 9.17) is 0 Å². The number of carbonyl (C=O) groups is 1. The maximum Gasteiger partial charge on any atom is 0.226 e. The summed E-state index contributed by atoms with van der Waals surface area (Å²) >= 11 is 0. The molecule has 2 aliphatic heterocycles. The SMILES string of the molecule is O=C(C1CCN(c2ccccc2F)CC1)N1CCc2ccccc2C1. The molecule has 1 saturated heterocycles. The maximum absolute atomic E-state index is 13.9. The molecule has 0 bridgehead atoms. The number of benzene rings is 2. The molecule has 2 aromatic rings. The average Bonchev–Trinajstić information content (AvgIpc) is 2.67. The van der Waals surface area contributed by atoms with Gasteiger partial charge in [0.2, 0.25) is 5.91 Å². The molecule has 0 unspecified atom stereocenters. The summed E-state index contributed by atoms with van der Waals surface area (Å²) in [5.74, 6) is 0.149. The van der Waals surface area contributed by atoms with Gasteiger partial charge in [-0.2, -0.15) is 0 Å². The fourth-order valence-corrected chi connectivity index (χ4v) is 4.02. The fraction of sp³-hybridized carbons (Fsp3) is 0.381. The third kappa shape index (κ3) is 3.26. The summed E-state index contributed by atoms with van der Waals surface area (Å²) in [6, 6.07) is 15.3. The number of rotatable bonds is 2. The van der Waals surface area contributed by atoms with Gasteiger partial charge in [-0.1, -0.05) is 36.4 Å². The van der Waals surface area contributed by atoms with Gasteiger partial charge in [0.15, 0.2) is 0 Å². The molecule has 25 heavy (non-hydrogen) atoms. The summed E-state index contributed by atoms with van der Waals surface area (Å²) in [5.41, 5.74) is 3.28. The third-order valence-corrected chi connectivity index (χ3v) is 5.48. The highest BCUT2D eigenvalue weighted by Gasteiger charge is 2.30. The van der Waals surface area contributed by atoms with Crippen molar-refractivity contribution < 1.29 is 9.18 Å². The van der Waals surface area contributed by atoms with E-state index in [1.54, 1.807) is 6.07 Å². The molecule has 0 N–H and O–H groups in total. The van der Waals surface area contributed by atoms with Crippen LogP contribution in [0.15, 0.2) is 48.5 Å². The van der Waals surface area contributed by atoms with E-state index < -0.39 is 0 Å². The second-order valence-electron chi connectivity index (χ2n) is 6.99. The van der Waals surface area contributed by atoms with Gasteiger partial charge in [0.25, 0.3) is 0 Å². The highest BCUT2D eigenvalue weighted by Crippen LogP contribution is 2.28. The first-order valence-corrected chi connectivity index (χ1v) is 9.07. The Kier molecular flexibility index (Phi) is 4.43. The van der Waals surface area contributed by atoms with Crippen molar-refractivity contribution in [3.63, 3.8) is 0 Å². The van der Waals surface area contributed by atoms with Gasteiger partial charge in [-0.15, -0.1) is 0 Å². The average molecular weight is 338 g/mol. The van der Waals surface area contributed by atoms with Gasteiger partial charge >= 0.3 is 0 Å². The monoisotopic (exact) mass is 338 g/mol. The second kappa shape index (κ2) is 6.87. The second-order valence-corrected chi connectivity index (χ2v) is 6.99. The van der Waals surface area contributed by atoms with Crippen LogP contribution in [0.1, 0.15) is 24.0 Å². The van der Waals surface area contributed by atoms with E-state index in [0.717, 1.165) is 45.4 Å². The molecule has 2 aliphatic rings. The molecular weight excluding hydrogens is 315 g/mol. The molecule has 0 aromatic heterocycles. The Morgan fingerprint density at radius 2 is 1.60 bits per heavy atom. The van der Waals surface area contributed by atoms with Crippen molar-refractivity contribution in [2.75, 3.05) is 24.5 Å². The van der Waals surface area contributed by atoms with Crippen molar-refractivity contribution in [2.24, 2.45) is 5.92 Å². The molecule has 0 saturated carbocycles. The number of nitrogens with zero attached hydrogens (tertiary/aromatic N) is 2. The molecule has 1 fully saturated rings.